The Bertz CT molecular complexity index is 222. The summed E-state index contributed by atoms with van der Waals surface area (Å²) in [5.74, 6) is -0.200. The highest BCUT2D eigenvalue weighted by Gasteiger charge is 2.06. The number of hydrogen-bond donors (Lipinski definition) is 2. The zero-order chi connectivity index (χ0) is 15.1. The lowest BCUT2D eigenvalue weighted by Crippen LogP contribution is -2.31. The fourth-order valence-electron chi connectivity index (χ4n) is 2.08. The third kappa shape index (κ3) is 13.8. The van der Waals surface area contributed by atoms with Crippen molar-refractivity contribution in [3.05, 3.63) is 0 Å². The molecule has 0 bridgehead atoms. The molecule has 0 aromatic rings. The highest BCUT2D eigenvalue weighted by molar-refractivity contribution is 5.69. The smallest absolute Gasteiger partial charge is 0.305 e. The largest absolute Gasteiger partial charge is 0.464 e. The SMILES string of the molecule is CCCCCCCCCCCCC(=O)OC[C@H](N)CO. The molecule has 3 N–H and O–H groups in total. The summed E-state index contributed by atoms with van der Waals surface area (Å²) in [6.07, 6.45) is 13.0. The van der Waals surface area contributed by atoms with Crippen LogP contribution in [0.25, 0.3) is 0 Å². The van der Waals surface area contributed by atoms with Crippen LogP contribution in [-0.4, -0.2) is 30.3 Å². The molecular weight excluding hydrogens is 254 g/mol. The van der Waals surface area contributed by atoms with Crippen molar-refractivity contribution >= 4 is 5.97 Å². The van der Waals surface area contributed by atoms with Crippen LogP contribution in [0.4, 0.5) is 0 Å². The minimum absolute atomic E-state index is 0.118. The van der Waals surface area contributed by atoms with E-state index < -0.39 is 6.04 Å². The quantitative estimate of drug-likeness (QED) is 0.380. The van der Waals surface area contributed by atoms with Crippen LogP contribution in [0.2, 0.25) is 0 Å². The van der Waals surface area contributed by atoms with Crippen molar-refractivity contribution in [2.24, 2.45) is 5.73 Å². The number of carbonyl (C=O) groups excluding carboxylic acids is 1. The predicted octanol–water partition coefficient (Wildman–Crippen LogP) is 3.16. The fraction of sp³-hybridized carbons (Fsp3) is 0.938. The van der Waals surface area contributed by atoms with Crippen molar-refractivity contribution in [1.82, 2.24) is 0 Å². The van der Waals surface area contributed by atoms with Crippen LogP contribution in [0.1, 0.15) is 77.6 Å². The summed E-state index contributed by atoms with van der Waals surface area (Å²) in [6, 6.07) is -0.452. The van der Waals surface area contributed by atoms with Gasteiger partial charge in [-0.05, 0) is 6.42 Å². The van der Waals surface area contributed by atoms with E-state index in [2.05, 4.69) is 6.92 Å². The average Bonchev–Trinajstić information content (AvgIpc) is 2.46. The van der Waals surface area contributed by atoms with Gasteiger partial charge in [-0.25, -0.2) is 0 Å². The molecule has 1 atom stereocenters. The van der Waals surface area contributed by atoms with Gasteiger partial charge in [0.15, 0.2) is 0 Å². The Morgan fingerprint density at radius 3 is 2.00 bits per heavy atom. The van der Waals surface area contributed by atoms with Crippen molar-refractivity contribution in [3.63, 3.8) is 0 Å². The minimum atomic E-state index is -0.452. The van der Waals surface area contributed by atoms with E-state index in [0.29, 0.717) is 6.42 Å². The molecule has 0 saturated carbocycles. The molecule has 0 aliphatic carbocycles. The Labute approximate surface area is 124 Å². The zero-order valence-electron chi connectivity index (χ0n) is 13.1. The first-order chi connectivity index (χ1) is 9.70. The summed E-state index contributed by atoms with van der Waals surface area (Å²) < 4.78 is 4.95. The molecule has 0 aromatic heterocycles. The molecule has 120 valence electrons. The first-order valence-corrected chi connectivity index (χ1v) is 8.22. The maximum Gasteiger partial charge on any atom is 0.305 e. The second kappa shape index (κ2) is 14.8. The van der Waals surface area contributed by atoms with E-state index in [-0.39, 0.29) is 19.2 Å². The molecule has 0 aromatic carbocycles. The third-order valence-electron chi connectivity index (χ3n) is 3.43. The van der Waals surface area contributed by atoms with Crippen molar-refractivity contribution in [2.75, 3.05) is 13.2 Å². The Hall–Kier alpha value is -0.610. The Balaban J connectivity index is 3.17. The Morgan fingerprint density at radius 2 is 1.50 bits per heavy atom. The topological polar surface area (TPSA) is 72.5 Å². The number of unbranched alkanes of at least 4 members (excludes halogenated alkanes) is 9. The van der Waals surface area contributed by atoms with Gasteiger partial charge in [-0.2, -0.15) is 0 Å². The van der Waals surface area contributed by atoms with E-state index in [1.165, 1.54) is 51.4 Å². The number of esters is 1. The van der Waals surface area contributed by atoms with Crippen molar-refractivity contribution in [2.45, 2.75) is 83.6 Å². The number of rotatable bonds is 14. The van der Waals surface area contributed by atoms with Crippen LogP contribution in [0.15, 0.2) is 0 Å². The molecule has 4 heteroatoms. The average molecular weight is 287 g/mol. The number of hydrogen-bond acceptors (Lipinski definition) is 4. The van der Waals surface area contributed by atoms with Crippen molar-refractivity contribution in [3.8, 4) is 0 Å². The third-order valence-corrected chi connectivity index (χ3v) is 3.43. The molecule has 0 amide bonds. The molecule has 20 heavy (non-hydrogen) atoms. The lowest BCUT2D eigenvalue weighted by molar-refractivity contribution is -0.144. The van der Waals surface area contributed by atoms with E-state index in [4.69, 9.17) is 15.6 Å². The van der Waals surface area contributed by atoms with Crippen LogP contribution < -0.4 is 5.73 Å². The lowest BCUT2D eigenvalue weighted by atomic mass is 10.1. The number of carbonyl (C=O) groups is 1. The highest BCUT2D eigenvalue weighted by atomic mass is 16.5. The second-order valence-electron chi connectivity index (χ2n) is 5.56. The van der Waals surface area contributed by atoms with Crippen LogP contribution in [-0.2, 0) is 9.53 Å². The van der Waals surface area contributed by atoms with E-state index in [0.717, 1.165) is 12.8 Å². The van der Waals surface area contributed by atoms with Crippen molar-refractivity contribution in [1.29, 1.82) is 0 Å². The second-order valence-corrected chi connectivity index (χ2v) is 5.56. The molecule has 0 aliphatic heterocycles. The van der Waals surface area contributed by atoms with E-state index >= 15 is 0 Å². The van der Waals surface area contributed by atoms with Crippen LogP contribution in [0.3, 0.4) is 0 Å². The van der Waals surface area contributed by atoms with Crippen LogP contribution in [0, 0.1) is 0 Å². The van der Waals surface area contributed by atoms with Gasteiger partial charge in [-0.3, -0.25) is 4.79 Å². The van der Waals surface area contributed by atoms with Crippen LogP contribution >= 0.6 is 0 Å². The van der Waals surface area contributed by atoms with Crippen LogP contribution in [0.5, 0.6) is 0 Å². The highest BCUT2D eigenvalue weighted by Crippen LogP contribution is 2.11. The van der Waals surface area contributed by atoms with Crippen molar-refractivity contribution < 1.29 is 14.6 Å². The van der Waals surface area contributed by atoms with Gasteiger partial charge in [0.2, 0.25) is 0 Å². The van der Waals surface area contributed by atoms with Gasteiger partial charge >= 0.3 is 5.97 Å². The van der Waals surface area contributed by atoms with Gasteiger partial charge in [0, 0.05) is 6.42 Å². The summed E-state index contributed by atoms with van der Waals surface area (Å²) in [6.45, 7) is 2.21. The molecule has 0 spiro atoms. The molecule has 0 fully saturated rings. The monoisotopic (exact) mass is 287 g/mol. The number of aliphatic hydroxyl groups is 1. The maximum atomic E-state index is 11.3. The minimum Gasteiger partial charge on any atom is -0.464 e. The molecule has 0 radical (unpaired) electrons. The first kappa shape index (κ1) is 19.4. The van der Waals surface area contributed by atoms with Gasteiger partial charge in [-0.15, -0.1) is 0 Å². The lowest BCUT2D eigenvalue weighted by Gasteiger charge is -2.09. The number of nitrogens with two attached hydrogens (primary N) is 1. The standard InChI is InChI=1S/C16H33NO3/c1-2-3-4-5-6-7-8-9-10-11-12-16(19)20-14-15(17)13-18/h15,18H,2-14,17H2,1H3/t15-/m1/s1. The predicted molar refractivity (Wildman–Crippen MR) is 82.5 cm³/mol. The van der Waals surface area contributed by atoms with E-state index in [9.17, 15) is 4.79 Å². The molecule has 0 aliphatic rings. The summed E-state index contributed by atoms with van der Waals surface area (Å²) >= 11 is 0. The Kier molecular flexibility index (Phi) is 14.3. The molecule has 4 nitrogen and oxygen atoms in total. The van der Waals surface area contributed by atoms with Gasteiger partial charge < -0.3 is 15.6 Å². The van der Waals surface area contributed by atoms with E-state index in [1.807, 2.05) is 0 Å². The molecule has 0 saturated heterocycles. The molecular formula is C16H33NO3. The summed E-state index contributed by atoms with van der Waals surface area (Å²) in [4.78, 5) is 11.3. The van der Waals surface area contributed by atoms with E-state index in [1.54, 1.807) is 0 Å². The first-order valence-electron chi connectivity index (χ1n) is 8.22. The summed E-state index contributed by atoms with van der Waals surface area (Å²) in [7, 11) is 0. The molecule has 0 heterocycles. The van der Waals surface area contributed by atoms with Gasteiger partial charge in [-0.1, -0.05) is 64.7 Å². The maximum absolute atomic E-state index is 11.3. The summed E-state index contributed by atoms with van der Waals surface area (Å²) in [5.41, 5.74) is 5.45. The van der Waals surface area contributed by atoms with Gasteiger partial charge in [0.1, 0.15) is 6.61 Å². The molecule has 0 rings (SSSR count). The summed E-state index contributed by atoms with van der Waals surface area (Å²) in [5, 5.41) is 8.70. The van der Waals surface area contributed by atoms with Gasteiger partial charge in [0.25, 0.3) is 0 Å². The normalized spacial score (nSPS) is 12.3. The number of ether oxygens (including phenoxy) is 1. The zero-order valence-corrected chi connectivity index (χ0v) is 13.1. The molecule has 0 unspecified atom stereocenters. The Morgan fingerprint density at radius 1 is 1.00 bits per heavy atom. The fourth-order valence-corrected chi connectivity index (χ4v) is 2.08. The number of aliphatic hydroxyl groups excluding tert-OH is 1. The van der Waals surface area contributed by atoms with Gasteiger partial charge in [0.05, 0.1) is 12.6 Å².